The molecule has 0 radical (unpaired) electrons. The van der Waals surface area contributed by atoms with Crippen molar-refractivity contribution in [1.82, 2.24) is 25.4 Å². The topological polar surface area (TPSA) is 81.1 Å². The molecule has 0 aliphatic carbocycles. The number of ether oxygens (including phenoxy) is 1. The summed E-state index contributed by atoms with van der Waals surface area (Å²) >= 11 is 0. The second-order valence-electron chi connectivity index (χ2n) is 6.33. The molecule has 1 aromatic heterocycles. The molecule has 1 aliphatic heterocycles. The van der Waals surface area contributed by atoms with Crippen LogP contribution in [0.5, 0.6) is 0 Å². The minimum absolute atomic E-state index is 0.0692. The minimum Gasteiger partial charge on any atom is -0.381 e. The van der Waals surface area contributed by atoms with Crippen molar-refractivity contribution in [2.45, 2.75) is 38.3 Å². The highest BCUT2D eigenvalue weighted by molar-refractivity contribution is 5.73. The zero-order valence-electron chi connectivity index (χ0n) is 14.6. The highest BCUT2D eigenvalue weighted by Gasteiger charge is 2.34. The van der Waals surface area contributed by atoms with Crippen LogP contribution in [0.2, 0.25) is 0 Å². The molecule has 2 aromatic rings. The molecule has 25 heavy (non-hydrogen) atoms. The Morgan fingerprint density at radius 3 is 2.72 bits per heavy atom. The van der Waals surface area contributed by atoms with Gasteiger partial charge in [-0.2, -0.15) is 0 Å². The van der Waals surface area contributed by atoms with E-state index in [0.717, 1.165) is 38.4 Å². The number of urea groups is 1. The van der Waals surface area contributed by atoms with Crippen LogP contribution >= 0.6 is 0 Å². The highest BCUT2D eigenvalue weighted by atomic mass is 16.5. The van der Waals surface area contributed by atoms with Gasteiger partial charge in [-0.15, -0.1) is 10.2 Å². The van der Waals surface area contributed by atoms with Gasteiger partial charge < -0.3 is 19.9 Å². The predicted octanol–water partition coefficient (Wildman–Crippen LogP) is 1.85. The zero-order chi connectivity index (χ0) is 17.5. The average Bonchev–Trinajstić information content (AvgIpc) is 3.14. The summed E-state index contributed by atoms with van der Waals surface area (Å²) in [6.07, 6.45) is 3.48. The van der Waals surface area contributed by atoms with Gasteiger partial charge in [-0.3, -0.25) is 0 Å². The largest absolute Gasteiger partial charge is 0.381 e. The maximum absolute atomic E-state index is 12.2. The fourth-order valence-corrected chi connectivity index (χ4v) is 3.27. The first-order chi connectivity index (χ1) is 12.2. The molecule has 1 aliphatic rings. The number of benzene rings is 1. The summed E-state index contributed by atoms with van der Waals surface area (Å²) in [5.41, 5.74) is 1.18. The Morgan fingerprint density at radius 2 is 2.00 bits per heavy atom. The number of aromatic nitrogens is 3. The van der Waals surface area contributed by atoms with E-state index in [-0.39, 0.29) is 11.4 Å². The molecule has 7 nitrogen and oxygen atoms in total. The molecular formula is C18H25N5O2. The fraction of sp³-hybridized carbons (Fsp3) is 0.500. The second kappa shape index (κ2) is 8.11. The predicted molar refractivity (Wildman–Crippen MR) is 94.1 cm³/mol. The first kappa shape index (κ1) is 17.4. The molecule has 1 saturated heterocycles. The Labute approximate surface area is 147 Å². The molecule has 134 valence electrons. The van der Waals surface area contributed by atoms with Gasteiger partial charge in [0.25, 0.3) is 0 Å². The lowest BCUT2D eigenvalue weighted by Crippen LogP contribution is -2.47. The van der Waals surface area contributed by atoms with Crippen LogP contribution in [0.25, 0.3) is 0 Å². The number of rotatable bonds is 6. The summed E-state index contributed by atoms with van der Waals surface area (Å²) in [7, 11) is 0. The van der Waals surface area contributed by atoms with Gasteiger partial charge >= 0.3 is 6.03 Å². The van der Waals surface area contributed by atoms with Crippen LogP contribution < -0.4 is 10.6 Å². The molecule has 3 rings (SSSR count). The second-order valence-corrected chi connectivity index (χ2v) is 6.33. The maximum Gasteiger partial charge on any atom is 0.315 e. The number of hydrogen-bond acceptors (Lipinski definition) is 4. The van der Waals surface area contributed by atoms with Gasteiger partial charge in [0, 0.05) is 31.7 Å². The van der Waals surface area contributed by atoms with Crippen LogP contribution in [0, 0.1) is 0 Å². The van der Waals surface area contributed by atoms with Crippen molar-refractivity contribution < 1.29 is 9.53 Å². The van der Waals surface area contributed by atoms with Crippen molar-refractivity contribution in [3.05, 3.63) is 48.0 Å². The van der Waals surface area contributed by atoms with Crippen molar-refractivity contribution in [1.29, 1.82) is 0 Å². The lowest BCUT2D eigenvalue weighted by Gasteiger charge is -2.37. The van der Waals surface area contributed by atoms with E-state index in [1.165, 1.54) is 5.56 Å². The van der Waals surface area contributed by atoms with Crippen LogP contribution in [0.4, 0.5) is 4.79 Å². The first-order valence-corrected chi connectivity index (χ1v) is 8.75. The van der Waals surface area contributed by atoms with E-state index in [9.17, 15) is 4.79 Å². The Hall–Kier alpha value is -2.41. The summed E-state index contributed by atoms with van der Waals surface area (Å²) in [6.45, 7) is 5.19. The van der Waals surface area contributed by atoms with Crippen LogP contribution in [-0.2, 0) is 23.2 Å². The molecule has 2 N–H and O–H groups in total. The molecule has 2 heterocycles. The van der Waals surface area contributed by atoms with Gasteiger partial charge in [-0.1, -0.05) is 30.3 Å². The van der Waals surface area contributed by atoms with E-state index in [1.807, 2.05) is 29.7 Å². The van der Waals surface area contributed by atoms with Crippen LogP contribution in [0.1, 0.15) is 31.2 Å². The highest BCUT2D eigenvalue weighted by Crippen LogP contribution is 2.34. The van der Waals surface area contributed by atoms with Gasteiger partial charge in [0.05, 0.1) is 6.54 Å². The lowest BCUT2D eigenvalue weighted by atomic mass is 9.74. The van der Waals surface area contributed by atoms with E-state index < -0.39 is 0 Å². The lowest BCUT2D eigenvalue weighted by molar-refractivity contribution is 0.0507. The number of nitrogens with zero attached hydrogens (tertiary/aromatic N) is 3. The molecule has 1 aromatic carbocycles. The molecule has 1 fully saturated rings. The van der Waals surface area contributed by atoms with Crippen molar-refractivity contribution in [3.8, 4) is 0 Å². The van der Waals surface area contributed by atoms with Gasteiger partial charge in [-0.05, 0) is 25.3 Å². The number of carbonyl (C=O) groups is 1. The van der Waals surface area contributed by atoms with Gasteiger partial charge in [0.1, 0.15) is 6.33 Å². The Kier molecular flexibility index (Phi) is 5.65. The summed E-state index contributed by atoms with van der Waals surface area (Å²) < 4.78 is 7.44. The van der Waals surface area contributed by atoms with Gasteiger partial charge in [-0.25, -0.2) is 4.79 Å². The summed E-state index contributed by atoms with van der Waals surface area (Å²) in [5, 5.41) is 13.8. The van der Waals surface area contributed by atoms with Crippen LogP contribution in [0.15, 0.2) is 36.7 Å². The van der Waals surface area contributed by atoms with Gasteiger partial charge in [0.2, 0.25) is 0 Å². The monoisotopic (exact) mass is 343 g/mol. The number of amides is 2. The quantitative estimate of drug-likeness (QED) is 0.839. The Balaban J connectivity index is 1.58. The molecule has 2 amide bonds. The average molecular weight is 343 g/mol. The smallest absolute Gasteiger partial charge is 0.315 e. The molecule has 0 spiro atoms. The van der Waals surface area contributed by atoms with E-state index in [1.54, 1.807) is 6.33 Å². The van der Waals surface area contributed by atoms with Crippen molar-refractivity contribution in [2.75, 3.05) is 19.8 Å². The summed E-state index contributed by atoms with van der Waals surface area (Å²) in [6, 6.07) is 10.2. The Bertz CT molecular complexity index is 680. The number of aryl methyl sites for hydroxylation is 1. The standard InChI is InChI=1S/C18H25N5O2/c1-2-23-14-21-22-16(23)12-19-17(24)20-13-18(8-10-25-11-9-18)15-6-4-3-5-7-15/h3-7,14H,2,8-13H2,1H3,(H2,19,20,24). The van der Waals surface area contributed by atoms with Crippen LogP contribution in [-0.4, -0.2) is 40.6 Å². The molecule has 0 saturated carbocycles. The number of hydrogen-bond donors (Lipinski definition) is 2. The van der Waals surface area contributed by atoms with E-state index >= 15 is 0 Å². The molecule has 0 bridgehead atoms. The molecule has 0 atom stereocenters. The van der Waals surface area contributed by atoms with Gasteiger partial charge in [0.15, 0.2) is 5.82 Å². The van der Waals surface area contributed by atoms with Crippen molar-refractivity contribution >= 4 is 6.03 Å². The van der Waals surface area contributed by atoms with Crippen molar-refractivity contribution in [3.63, 3.8) is 0 Å². The third-order valence-electron chi connectivity index (χ3n) is 4.87. The minimum atomic E-state index is -0.188. The summed E-state index contributed by atoms with van der Waals surface area (Å²) in [5.74, 6) is 0.751. The SMILES string of the molecule is CCn1cnnc1CNC(=O)NCC1(c2ccccc2)CCOCC1. The van der Waals surface area contributed by atoms with E-state index in [4.69, 9.17) is 4.74 Å². The van der Waals surface area contributed by atoms with E-state index in [0.29, 0.717) is 13.1 Å². The van der Waals surface area contributed by atoms with Crippen LogP contribution in [0.3, 0.4) is 0 Å². The Morgan fingerprint density at radius 1 is 1.24 bits per heavy atom. The molecule has 7 heteroatoms. The molecule has 0 unspecified atom stereocenters. The number of carbonyl (C=O) groups excluding carboxylic acids is 1. The fourth-order valence-electron chi connectivity index (χ4n) is 3.27. The van der Waals surface area contributed by atoms with E-state index in [2.05, 4.69) is 33.0 Å². The zero-order valence-corrected chi connectivity index (χ0v) is 14.6. The molecular weight excluding hydrogens is 318 g/mol. The summed E-state index contributed by atoms with van der Waals surface area (Å²) in [4.78, 5) is 12.2. The number of nitrogens with one attached hydrogen (secondary N) is 2. The third-order valence-corrected chi connectivity index (χ3v) is 4.87. The third kappa shape index (κ3) is 4.17. The van der Waals surface area contributed by atoms with Crippen molar-refractivity contribution in [2.24, 2.45) is 0 Å². The normalized spacial score (nSPS) is 16.4. The maximum atomic E-state index is 12.2. The first-order valence-electron chi connectivity index (χ1n) is 8.75.